The van der Waals surface area contributed by atoms with E-state index in [0.29, 0.717) is 33.0 Å². The van der Waals surface area contributed by atoms with E-state index in [1.165, 1.54) is 22.2 Å². The van der Waals surface area contributed by atoms with Crippen molar-refractivity contribution in [3.8, 4) is 22.1 Å². The monoisotopic (exact) mass is 481 g/mol. The second kappa shape index (κ2) is 8.78. The molecule has 0 saturated heterocycles. The first-order valence-electron chi connectivity index (χ1n) is 9.57. The molecule has 32 heavy (non-hydrogen) atoms. The third-order valence-corrected chi connectivity index (χ3v) is 6.78. The molecule has 0 aliphatic rings. The molecular formula is C22H16ClN5O2S2. The first-order valence-corrected chi connectivity index (χ1v) is 11.8. The number of benzene rings is 1. The number of hydrogen-bond donors (Lipinski definition) is 0. The van der Waals surface area contributed by atoms with Crippen LogP contribution >= 0.6 is 34.7 Å². The lowest BCUT2D eigenvalue weighted by Gasteiger charge is -2.13. The summed E-state index contributed by atoms with van der Waals surface area (Å²) in [5, 5.41) is 12.0. The summed E-state index contributed by atoms with van der Waals surface area (Å²) in [7, 11) is 1.64. The smallest absolute Gasteiger partial charge is 0.258 e. The summed E-state index contributed by atoms with van der Waals surface area (Å²) >= 11 is 9.04. The van der Waals surface area contributed by atoms with Gasteiger partial charge in [0.1, 0.15) is 11.4 Å². The van der Waals surface area contributed by atoms with Gasteiger partial charge in [-0.2, -0.15) is 0 Å². The maximum atomic E-state index is 12.5. The summed E-state index contributed by atoms with van der Waals surface area (Å²) in [6.07, 6.45) is 1.56. The summed E-state index contributed by atoms with van der Waals surface area (Å²) in [6.45, 7) is 0. The Morgan fingerprint density at radius 3 is 2.81 bits per heavy atom. The van der Waals surface area contributed by atoms with Crippen LogP contribution in [0, 0.1) is 0 Å². The molecule has 10 heteroatoms. The Morgan fingerprint density at radius 1 is 1.12 bits per heavy atom. The molecule has 160 valence electrons. The maximum absolute atomic E-state index is 12.5. The molecule has 0 aliphatic carbocycles. The van der Waals surface area contributed by atoms with Gasteiger partial charge in [0.25, 0.3) is 5.56 Å². The van der Waals surface area contributed by atoms with Gasteiger partial charge in [-0.15, -0.1) is 21.5 Å². The fraction of sp³-hybridized carbons (Fsp3) is 0.0909. The number of ether oxygens (including phenoxy) is 1. The lowest BCUT2D eigenvalue weighted by atomic mass is 10.3. The Labute approximate surface area is 196 Å². The number of methoxy groups -OCH3 is 1. The van der Waals surface area contributed by atoms with Crippen LogP contribution in [-0.4, -0.2) is 31.3 Å². The number of pyridine rings is 1. The molecule has 7 nitrogen and oxygen atoms in total. The molecular weight excluding hydrogens is 466 g/mol. The van der Waals surface area contributed by atoms with Crippen LogP contribution < -0.4 is 10.3 Å². The number of hydrogen-bond acceptors (Lipinski definition) is 7. The van der Waals surface area contributed by atoms with Gasteiger partial charge in [0, 0.05) is 18.0 Å². The van der Waals surface area contributed by atoms with Crippen LogP contribution in [0.2, 0.25) is 5.02 Å². The van der Waals surface area contributed by atoms with Crippen molar-refractivity contribution in [1.82, 2.24) is 24.1 Å². The van der Waals surface area contributed by atoms with Crippen molar-refractivity contribution in [3.05, 3.63) is 87.2 Å². The van der Waals surface area contributed by atoms with E-state index in [1.807, 2.05) is 46.3 Å². The molecule has 0 amide bonds. The van der Waals surface area contributed by atoms with Crippen molar-refractivity contribution >= 4 is 40.3 Å². The van der Waals surface area contributed by atoms with E-state index in [-0.39, 0.29) is 5.56 Å². The van der Waals surface area contributed by atoms with E-state index in [9.17, 15) is 4.79 Å². The highest BCUT2D eigenvalue weighted by molar-refractivity contribution is 7.98. The number of nitrogens with zero attached hydrogens (tertiary/aromatic N) is 5. The van der Waals surface area contributed by atoms with Crippen molar-refractivity contribution in [2.45, 2.75) is 10.9 Å². The molecule has 5 aromatic rings. The fourth-order valence-electron chi connectivity index (χ4n) is 3.30. The van der Waals surface area contributed by atoms with Crippen molar-refractivity contribution in [2.24, 2.45) is 0 Å². The van der Waals surface area contributed by atoms with Gasteiger partial charge in [0.05, 0.1) is 28.4 Å². The Morgan fingerprint density at radius 2 is 2.00 bits per heavy atom. The summed E-state index contributed by atoms with van der Waals surface area (Å²) in [6, 6.07) is 16.7. The number of rotatable bonds is 6. The molecule has 0 N–H and O–H groups in total. The number of halogens is 1. The van der Waals surface area contributed by atoms with Crippen LogP contribution in [-0.2, 0) is 5.75 Å². The molecule has 0 saturated carbocycles. The molecule has 4 aromatic heterocycles. The molecule has 0 unspecified atom stereocenters. The fourth-order valence-corrected chi connectivity index (χ4v) is 5.00. The number of thiophene rings is 1. The first-order chi connectivity index (χ1) is 15.6. The largest absolute Gasteiger partial charge is 0.495 e. The van der Waals surface area contributed by atoms with Gasteiger partial charge < -0.3 is 4.74 Å². The second-order valence-electron chi connectivity index (χ2n) is 6.74. The van der Waals surface area contributed by atoms with E-state index < -0.39 is 0 Å². The Balaban J connectivity index is 1.54. The molecule has 0 aliphatic heterocycles. The highest BCUT2D eigenvalue weighted by Crippen LogP contribution is 2.34. The molecule has 0 spiro atoms. The average molecular weight is 482 g/mol. The minimum absolute atomic E-state index is 0.182. The topological polar surface area (TPSA) is 74.3 Å². The van der Waals surface area contributed by atoms with Crippen LogP contribution in [0.5, 0.6) is 5.75 Å². The van der Waals surface area contributed by atoms with E-state index >= 15 is 0 Å². The van der Waals surface area contributed by atoms with Crippen LogP contribution in [0.4, 0.5) is 0 Å². The van der Waals surface area contributed by atoms with Crippen molar-refractivity contribution < 1.29 is 4.74 Å². The standard InChI is InChI=1S/C22H16ClN5O2S2/c1-30-17-6-3-2-5-16(17)28-21(18-7-4-10-31-18)25-26-22(28)32-13-15-11-20(29)27-12-14(23)8-9-19(27)24-15/h2-12H,13H2,1H3. The minimum Gasteiger partial charge on any atom is -0.495 e. The van der Waals surface area contributed by atoms with Gasteiger partial charge in [-0.25, -0.2) is 4.98 Å². The predicted octanol–water partition coefficient (Wildman–Crippen LogP) is 4.96. The van der Waals surface area contributed by atoms with Crippen LogP contribution in [0.1, 0.15) is 5.69 Å². The molecule has 0 fully saturated rings. The third-order valence-electron chi connectivity index (χ3n) is 4.73. The summed E-state index contributed by atoms with van der Waals surface area (Å²) < 4.78 is 8.99. The van der Waals surface area contributed by atoms with Crippen LogP contribution in [0.3, 0.4) is 0 Å². The Hall–Kier alpha value is -3.14. The van der Waals surface area contributed by atoms with Crippen LogP contribution in [0.25, 0.3) is 22.0 Å². The van der Waals surface area contributed by atoms with E-state index in [2.05, 4.69) is 15.2 Å². The minimum atomic E-state index is -0.182. The quantitative estimate of drug-likeness (QED) is 0.319. The van der Waals surface area contributed by atoms with E-state index in [4.69, 9.17) is 16.3 Å². The molecule has 0 atom stereocenters. The lowest BCUT2D eigenvalue weighted by molar-refractivity contribution is 0.412. The van der Waals surface area contributed by atoms with Crippen LogP contribution in [0.15, 0.2) is 76.1 Å². The van der Waals surface area contributed by atoms with Crippen molar-refractivity contribution in [1.29, 1.82) is 0 Å². The molecule has 0 radical (unpaired) electrons. The van der Waals surface area contributed by atoms with Gasteiger partial charge >= 0.3 is 0 Å². The van der Waals surface area contributed by atoms with Gasteiger partial charge in [0.15, 0.2) is 11.0 Å². The third kappa shape index (κ3) is 3.90. The molecule has 1 aromatic carbocycles. The number of aromatic nitrogens is 5. The van der Waals surface area contributed by atoms with E-state index in [1.54, 1.807) is 36.8 Å². The first kappa shape index (κ1) is 20.7. The summed E-state index contributed by atoms with van der Waals surface area (Å²) in [5.41, 5.74) is 1.85. The Kier molecular flexibility index (Phi) is 5.69. The van der Waals surface area contributed by atoms with Gasteiger partial charge in [-0.05, 0) is 35.7 Å². The highest BCUT2D eigenvalue weighted by atomic mass is 35.5. The summed E-state index contributed by atoms with van der Waals surface area (Å²) in [5.74, 6) is 1.89. The zero-order chi connectivity index (χ0) is 22.1. The van der Waals surface area contributed by atoms with Gasteiger partial charge in [0.2, 0.25) is 0 Å². The predicted molar refractivity (Wildman–Crippen MR) is 127 cm³/mol. The zero-order valence-corrected chi connectivity index (χ0v) is 19.2. The summed E-state index contributed by atoms with van der Waals surface area (Å²) in [4.78, 5) is 18.1. The van der Waals surface area contributed by atoms with E-state index in [0.717, 1.165) is 16.4 Å². The number of thioether (sulfide) groups is 1. The SMILES string of the molecule is COc1ccccc1-n1c(SCc2cc(=O)n3cc(Cl)ccc3n2)nnc1-c1cccs1. The highest BCUT2D eigenvalue weighted by Gasteiger charge is 2.20. The van der Waals surface area contributed by atoms with Gasteiger partial charge in [-0.3, -0.25) is 13.8 Å². The molecule has 5 rings (SSSR count). The maximum Gasteiger partial charge on any atom is 0.258 e. The zero-order valence-electron chi connectivity index (χ0n) is 16.8. The molecule has 0 bridgehead atoms. The second-order valence-corrected chi connectivity index (χ2v) is 9.07. The Bertz CT molecular complexity index is 1460. The lowest BCUT2D eigenvalue weighted by Crippen LogP contribution is -2.15. The van der Waals surface area contributed by atoms with Crippen molar-refractivity contribution in [3.63, 3.8) is 0 Å². The number of para-hydroxylation sites is 2. The average Bonchev–Trinajstić information content (AvgIpc) is 3.48. The normalized spacial score (nSPS) is 11.2. The van der Waals surface area contributed by atoms with Crippen molar-refractivity contribution in [2.75, 3.05) is 7.11 Å². The van der Waals surface area contributed by atoms with Gasteiger partial charge in [-0.1, -0.05) is 41.6 Å². The number of fused-ring (bicyclic) bond motifs is 1. The molecule has 4 heterocycles.